The minimum Gasteiger partial charge on any atom is -0.382 e. The Morgan fingerprint density at radius 2 is 2.31 bits per heavy atom. The van der Waals surface area contributed by atoms with Gasteiger partial charge in [-0.05, 0) is 12.5 Å². The average molecular weight is 235 g/mol. The highest BCUT2D eigenvalue weighted by molar-refractivity contribution is 7.18. The van der Waals surface area contributed by atoms with E-state index in [0.29, 0.717) is 17.7 Å². The third kappa shape index (κ3) is 1.45. The maximum absolute atomic E-state index is 5.78. The molecular weight excluding hydrogens is 222 g/mol. The number of thiazole rings is 1. The van der Waals surface area contributed by atoms with Crippen LogP contribution in [0.3, 0.4) is 0 Å². The second kappa shape index (κ2) is 3.64. The molecule has 0 spiro atoms. The third-order valence-electron chi connectivity index (χ3n) is 3.07. The van der Waals surface area contributed by atoms with Crippen LogP contribution < -0.4 is 11.1 Å². The summed E-state index contributed by atoms with van der Waals surface area (Å²) < 4.78 is 0. The number of nitrogens with one attached hydrogen (secondary N) is 1. The summed E-state index contributed by atoms with van der Waals surface area (Å²) in [5.74, 6) is 1.58. The predicted octanol–water partition coefficient (Wildman–Crippen LogP) is 0.991. The van der Waals surface area contributed by atoms with Crippen molar-refractivity contribution in [2.75, 3.05) is 18.8 Å². The first kappa shape index (κ1) is 9.92. The van der Waals surface area contributed by atoms with Crippen LogP contribution in [0.1, 0.15) is 17.8 Å². The maximum atomic E-state index is 5.78. The van der Waals surface area contributed by atoms with Gasteiger partial charge in [0, 0.05) is 12.5 Å². The van der Waals surface area contributed by atoms with Crippen LogP contribution in [0.4, 0.5) is 5.82 Å². The van der Waals surface area contributed by atoms with Crippen molar-refractivity contribution in [2.45, 2.75) is 12.8 Å². The number of anilines is 1. The summed E-state index contributed by atoms with van der Waals surface area (Å²) in [7, 11) is 0. The van der Waals surface area contributed by atoms with Crippen LogP contribution in [0.2, 0.25) is 0 Å². The maximum Gasteiger partial charge on any atom is 0.154 e. The van der Waals surface area contributed by atoms with Gasteiger partial charge < -0.3 is 11.1 Å². The van der Waals surface area contributed by atoms with Gasteiger partial charge in [-0.1, -0.05) is 18.3 Å². The van der Waals surface area contributed by atoms with E-state index in [1.54, 1.807) is 11.3 Å². The van der Waals surface area contributed by atoms with E-state index in [2.05, 4.69) is 27.2 Å². The molecule has 16 heavy (non-hydrogen) atoms. The summed E-state index contributed by atoms with van der Waals surface area (Å²) in [4.78, 5) is 13.6. The quantitative estimate of drug-likeness (QED) is 0.771. The van der Waals surface area contributed by atoms with Crippen molar-refractivity contribution in [2.24, 2.45) is 5.92 Å². The zero-order valence-electron chi connectivity index (χ0n) is 8.97. The fourth-order valence-corrected chi connectivity index (χ4v) is 3.24. The summed E-state index contributed by atoms with van der Waals surface area (Å²) in [5, 5.41) is 4.50. The number of hydrogen-bond acceptors (Lipinski definition) is 6. The van der Waals surface area contributed by atoms with Crippen molar-refractivity contribution < 1.29 is 0 Å². The smallest absolute Gasteiger partial charge is 0.154 e. The zero-order valence-corrected chi connectivity index (χ0v) is 9.79. The monoisotopic (exact) mass is 235 g/mol. The van der Waals surface area contributed by atoms with Gasteiger partial charge in [0.05, 0.1) is 0 Å². The Hall–Kier alpha value is -1.27. The standard InChI is InChI=1S/C10H13N5S/c1-5-2-12-3-6(5)9-15-7-8(11)13-4-14-10(7)16-9/h4-6,12H,2-3H2,1H3,(H2,11,13,14). The van der Waals surface area contributed by atoms with Gasteiger partial charge in [-0.15, -0.1) is 0 Å². The van der Waals surface area contributed by atoms with E-state index in [0.717, 1.165) is 28.4 Å². The SMILES string of the molecule is CC1CNCC1c1nc2c(N)ncnc2s1. The highest BCUT2D eigenvalue weighted by atomic mass is 32.1. The van der Waals surface area contributed by atoms with E-state index in [1.165, 1.54) is 6.33 Å². The molecule has 1 fully saturated rings. The first-order valence-electron chi connectivity index (χ1n) is 5.33. The summed E-state index contributed by atoms with van der Waals surface area (Å²) >= 11 is 1.63. The van der Waals surface area contributed by atoms with Gasteiger partial charge in [0.15, 0.2) is 5.82 Å². The van der Waals surface area contributed by atoms with Crippen molar-refractivity contribution in [1.82, 2.24) is 20.3 Å². The molecule has 0 aliphatic carbocycles. The Bertz CT molecular complexity index is 523. The van der Waals surface area contributed by atoms with E-state index in [1.807, 2.05) is 0 Å². The minimum atomic E-state index is 0.478. The lowest BCUT2D eigenvalue weighted by Crippen LogP contribution is -2.07. The summed E-state index contributed by atoms with van der Waals surface area (Å²) in [6.45, 7) is 4.29. The Kier molecular flexibility index (Phi) is 2.26. The minimum absolute atomic E-state index is 0.478. The summed E-state index contributed by atoms with van der Waals surface area (Å²) in [6.07, 6.45) is 1.50. The molecule has 0 bridgehead atoms. The Morgan fingerprint density at radius 3 is 3.00 bits per heavy atom. The van der Waals surface area contributed by atoms with Gasteiger partial charge in [0.25, 0.3) is 0 Å². The molecule has 1 aliphatic heterocycles. The van der Waals surface area contributed by atoms with Crippen molar-refractivity contribution in [3.8, 4) is 0 Å². The van der Waals surface area contributed by atoms with Crippen LogP contribution in [-0.4, -0.2) is 28.0 Å². The zero-order chi connectivity index (χ0) is 11.1. The molecule has 2 atom stereocenters. The Morgan fingerprint density at radius 1 is 1.44 bits per heavy atom. The van der Waals surface area contributed by atoms with E-state index < -0.39 is 0 Å². The number of nitrogen functional groups attached to an aromatic ring is 1. The number of nitrogens with two attached hydrogens (primary N) is 1. The molecule has 0 aromatic carbocycles. The summed E-state index contributed by atoms with van der Waals surface area (Å²) in [5.41, 5.74) is 6.53. The highest BCUT2D eigenvalue weighted by Gasteiger charge is 2.27. The number of rotatable bonds is 1. The van der Waals surface area contributed by atoms with Crippen LogP contribution >= 0.6 is 11.3 Å². The van der Waals surface area contributed by atoms with Crippen molar-refractivity contribution in [3.63, 3.8) is 0 Å². The first-order valence-corrected chi connectivity index (χ1v) is 6.15. The molecule has 0 amide bonds. The number of aromatic nitrogens is 3. The molecule has 0 saturated carbocycles. The summed E-state index contributed by atoms with van der Waals surface area (Å²) in [6, 6.07) is 0. The predicted molar refractivity (Wildman–Crippen MR) is 64.4 cm³/mol. The van der Waals surface area contributed by atoms with Gasteiger partial charge >= 0.3 is 0 Å². The van der Waals surface area contributed by atoms with E-state index in [4.69, 9.17) is 5.73 Å². The average Bonchev–Trinajstić information content (AvgIpc) is 2.84. The van der Waals surface area contributed by atoms with Gasteiger partial charge in [-0.25, -0.2) is 15.0 Å². The van der Waals surface area contributed by atoms with Crippen molar-refractivity contribution in [3.05, 3.63) is 11.3 Å². The van der Waals surface area contributed by atoms with E-state index in [9.17, 15) is 0 Å². The molecule has 1 saturated heterocycles. The fourth-order valence-electron chi connectivity index (χ4n) is 2.09. The van der Waals surface area contributed by atoms with Gasteiger partial charge in [-0.3, -0.25) is 0 Å². The highest BCUT2D eigenvalue weighted by Crippen LogP contribution is 2.33. The normalized spacial score (nSPS) is 25.3. The van der Waals surface area contributed by atoms with Crippen LogP contribution in [-0.2, 0) is 0 Å². The number of hydrogen-bond donors (Lipinski definition) is 2. The Labute approximate surface area is 97.1 Å². The second-order valence-corrected chi connectivity index (χ2v) is 5.22. The molecule has 2 unspecified atom stereocenters. The molecule has 84 valence electrons. The molecule has 3 N–H and O–H groups in total. The lowest BCUT2D eigenvalue weighted by atomic mass is 9.99. The van der Waals surface area contributed by atoms with Crippen LogP contribution in [0, 0.1) is 5.92 Å². The molecule has 6 heteroatoms. The lowest BCUT2D eigenvalue weighted by Gasteiger charge is -2.09. The lowest BCUT2D eigenvalue weighted by molar-refractivity contribution is 0.570. The largest absolute Gasteiger partial charge is 0.382 e. The van der Waals surface area contributed by atoms with Crippen LogP contribution in [0.25, 0.3) is 10.3 Å². The molecule has 0 radical (unpaired) electrons. The van der Waals surface area contributed by atoms with Gasteiger partial charge in [-0.2, -0.15) is 0 Å². The van der Waals surface area contributed by atoms with Crippen LogP contribution in [0.5, 0.6) is 0 Å². The molecule has 5 nitrogen and oxygen atoms in total. The van der Waals surface area contributed by atoms with E-state index in [-0.39, 0.29) is 0 Å². The molecule has 3 rings (SSSR count). The number of fused-ring (bicyclic) bond motifs is 1. The molecular formula is C10H13N5S. The molecule has 2 aromatic heterocycles. The molecule has 2 aromatic rings. The van der Waals surface area contributed by atoms with E-state index >= 15 is 0 Å². The second-order valence-electron chi connectivity index (χ2n) is 4.21. The third-order valence-corrected chi connectivity index (χ3v) is 4.17. The fraction of sp³-hybridized carbons (Fsp3) is 0.500. The van der Waals surface area contributed by atoms with Gasteiger partial charge in [0.2, 0.25) is 0 Å². The number of nitrogens with zero attached hydrogens (tertiary/aromatic N) is 3. The van der Waals surface area contributed by atoms with Crippen molar-refractivity contribution in [1.29, 1.82) is 0 Å². The molecule has 1 aliphatic rings. The van der Waals surface area contributed by atoms with Gasteiger partial charge in [0.1, 0.15) is 21.7 Å². The molecule has 3 heterocycles. The van der Waals surface area contributed by atoms with Crippen LogP contribution in [0.15, 0.2) is 6.33 Å². The first-order chi connectivity index (χ1) is 7.75. The topological polar surface area (TPSA) is 76.7 Å². The Balaban J connectivity index is 2.08. The van der Waals surface area contributed by atoms with Crippen molar-refractivity contribution >= 4 is 27.5 Å².